The van der Waals surface area contributed by atoms with Crippen molar-refractivity contribution in [1.29, 1.82) is 0 Å². The molecule has 1 amide bonds. The van der Waals surface area contributed by atoms with Crippen molar-refractivity contribution in [2.24, 2.45) is 0 Å². The van der Waals surface area contributed by atoms with Gasteiger partial charge >= 0.3 is 6.09 Å². The molecule has 1 aromatic heterocycles. The molecule has 0 radical (unpaired) electrons. The fourth-order valence-corrected chi connectivity index (χ4v) is 5.34. The average molecular weight is 460 g/mol. The molecule has 3 heterocycles. The monoisotopic (exact) mass is 459 g/mol. The predicted molar refractivity (Wildman–Crippen MR) is 125 cm³/mol. The predicted octanol–water partition coefficient (Wildman–Crippen LogP) is 4.94. The van der Waals surface area contributed by atoms with Crippen molar-refractivity contribution in [2.75, 3.05) is 19.8 Å². The number of hydrogen-bond donors (Lipinski definition) is 0. The smallest absolute Gasteiger partial charge is 0.410 e. The molecule has 33 heavy (non-hydrogen) atoms. The number of morpholine rings is 1. The molecule has 3 aliphatic rings. The molecule has 7 heteroatoms. The highest BCUT2D eigenvalue weighted by Crippen LogP contribution is 2.44. The molecule has 0 spiro atoms. The molecular weight excluding hydrogens is 438 g/mol. The molecule has 0 saturated carbocycles. The molecular formula is C26H22ClN3O3. The van der Waals surface area contributed by atoms with E-state index in [1.807, 2.05) is 17.0 Å². The fraction of sp³-hybridized carbons (Fsp3) is 0.269. The van der Waals surface area contributed by atoms with Gasteiger partial charge in [-0.3, -0.25) is 4.90 Å². The average Bonchev–Trinajstić information content (AvgIpc) is 3.16. The van der Waals surface area contributed by atoms with E-state index < -0.39 is 0 Å². The van der Waals surface area contributed by atoms with E-state index in [-0.39, 0.29) is 29.4 Å². The van der Waals surface area contributed by atoms with Crippen molar-refractivity contribution in [3.63, 3.8) is 0 Å². The van der Waals surface area contributed by atoms with Crippen LogP contribution in [0.15, 0.2) is 67.0 Å². The van der Waals surface area contributed by atoms with E-state index in [0.29, 0.717) is 26.2 Å². The lowest BCUT2D eigenvalue weighted by Crippen LogP contribution is -2.56. The number of carbonyl (C=O) groups is 1. The number of benzene rings is 2. The van der Waals surface area contributed by atoms with Crippen LogP contribution in [0.2, 0.25) is 5.28 Å². The van der Waals surface area contributed by atoms with Gasteiger partial charge in [0.05, 0.1) is 25.3 Å². The second-order valence-electron chi connectivity index (χ2n) is 8.61. The van der Waals surface area contributed by atoms with Crippen LogP contribution in [0.4, 0.5) is 4.79 Å². The van der Waals surface area contributed by atoms with Crippen LogP contribution in [-0.2, 0) is 9.47 Å². The zero-order valence-electron chi connectivity index (χ0n) is 17.9. The summed E-state index contributed by atoms with van der Waals surface area (Å²) in [6.07, 6.45) is 5.87. The molecule has 1 saturated heterocycles. The SMILES string of the molecule is O=C(OCC1c2ccccc2-c2ccccc21)N1C2C=C(c3cnc(Cl)nc3)CC1COC2. The van der Waals surface area contributed by atoms with Crippen LogP contribution >= 0.6 is 11.6 Å². The Morgan fingerprint density at radius 1 is 1.03 bits per heavy atom. The summed E-state index contributed by atoms with van der Waals surface area (Å²) in [5, 5.41) is 0.221. The summed E-state index contributed by atoms with van der Waals surface area (Å²) in [6.45, 7) is 1.23. The lowest BCUT2D eigenvalue weighted by atomic mass is 9.91. The Kier molecular flexibility index (Phi) is 5.12. The quantitative estimate of drug-likeness (QED) is 0.519. The topological polar surface area (TPSA) is 64.5 Å². The zero-order chi connectivity index (χ0) is 22.4. The van der Waals surface area contributed by atoms with E-state index >= 15 is 0 Å². The summed E-state index contributed by atoms with van der Waals surface area (Å²) < 4.78 is 11.7. The highest BCUT2D eigenvalue weighted by Gasteiger charge is 2.40. The number of amides is 1. The molecule has 0 N–H and O–H groups in total. The summed E-state index contributed by atoms with van der Waals surface area (Å²) >= 11 is 5.83. The van der Waals surface area contributed by atoms with E-state index in [0.717, 1.165) is 11.1 Å². The van der Waals surface area contributed by atoms with E-state index in [4.69, 9.17) is 21.1 Å². The Morgan fingerprint density at radius 3 is 2.36 bits per heavy atom. The number of halogens is 1. The van der Waals surface area contributed by atoms with Gasteiger partial charge in [-0.1, -0.05) is 54.6 Å². The zero-order valence-corrected chi connectivity index (χ0v) is 18.6. The Hall–Kier alpha value is -3.22. The Labute approximate surface area is 196 Å². The van der Waals surface area contributed by atoms with Crippen LogP contribution in [0.1, 0.15) is 29.0 Å². The van der Waals surface area contributed by atoms with Gasteiger partial charge in [-0.15, -0.1) is 0 Å². The van der Waals surface area contributed by atoms with Gasteiger partial charge in [0.1, 0.15) is 6.61 Å². The van der Waals surface area contributed by atoms with E-state index in [9.17, 15) is 4.79 Å². The third kappa shape index (κ3) is 3.59. The van der Waals surface area contributed by atoms with Gasteiger partial charge in [0.15, 0.2) is 0 Å². The van der Waals surface area contributed by atoms with Gasteiger partial charge in [-0.25, -0.2) is 14.8 Å². The van der Waals surface area contributed by atoms with Crippen molar-refractivity contribution in [3.8, 4) is 11.1 Å². The number of fused-ring (bicyclic) bond motifs is 5. The van der Waals surface area contributed by atoms with Gasteiger partial charge in [-0.2, -0.15) is 0 Å². The first-order valence-electron chi connectivity index (χ1n) is 11.1. The molecule has 1 fully saturated rings. The van der Waals surface area contributed by atoms with Gasteiger partial charge in [0.2, 0.25) is 5.28 Å². The van der Waals surface area contributed by atoms with Crippen molar-refractivity contribution in [3.05, 3.63) is 89.0 Å². The molecule has 2 bridgehead atoms. The summed E-state index contributed by atoms with van der Waals surface area (Å²) in [5.74, 6) is 0.0413. The third-order valence-electron chi connectivity index (χ3n) is 6.74. The maximum absolute atomic E-state index is 13.3. The summed E-state index contributed by atoms with van der Waals surface area (Å²) in [4.78, 5) is 23.3. The molecule has 2 aliphatic heterocycles. The van der Waals surface area contributed by atoms with Crippen LogP contribution < -0.4 is 0 Å². The molecule has 166 valence electrons. The maximum atomic E-state index is 13.3. The molecule has 2 aromatic carbocycles. The number of aromatic nitrogens is 2. The fourth-order valence-electron chi connectivity index (χ4n) is 5.24. The number of carbonyl (C=O) groups excluding carboxylic acids is 1. The third-order valence-corrected chi connectivity index (χ3v) is 6.93. The van der Waals surface area contributed by atoms with E-state index in [1.165, 1.54) is 22.3 Å². The molecule has 3 aromatic rings. The van der Waals surface area contributed by atoms with Crippen molar-refractivity contribution in [2.45, 2.75) is 24.4 Å². The summed E-state index contributed by atoms with van der Waals surface area (Å²) in [7, 11) is 0. The van der Waals surface area contributed by atoms with Gasteiger partial charge < -0.3 is 9.47 Å². The van der Waals surface area contributed by atoms with Crippen molar-refractivity contribution >= 4 is 23.3 Å². The lowest BCUT2D eigenvalue weighted by molar-refractivity contribution is -0.0331. The molecule has 6 rings (SSSR count). The second-order valence-corrected chi connectivity index (χ2v) is 8.94. The summed E-state index contributed by atoms with van der Waals surface area (Å²) in [6, 6.07) is 16.4. The molecule has 6 nitrogen and oxygen atoms in total. The van der Waals surface area contributed by atoms with Crippen LogP contribution in [-0.4, -0.2) is 52.9 Å². The van der Waals surface area contributed by atoms with Gasteiger partial charge in [0.25, 0.3) is 0 Å². The highest BCUT2D eigenvalue weighted by molar-refractivity contribution is 6.28. The first kappa shape index (κ1) is 20.4. The Balaban J connectivity index is 1.22. The number of ether oxygens (including phenoxy) is 2. The van der Waals surface area contributed by atoms with E-state index in [2.05, 4.69) is 52.4 Å². The Bertz CT molecular complexity index is 1200. The number of nitrogens with zero attached hydrogens (tertiary/aromatic N) is 3. The van der Waals surface area contributed by atoms with Gasteiger partial charge in [0, 0.05) is 23.9 Å². The first-order valence-corrected chi connectivity index (χ1v) is 11.5. The maximum Gasteiger partial charge on any atom is 0.410 e. The number of hydrogen-bond acceptors (Lipinski definition) is 5. The van der Waals surface area contributed by atoms with Gasteiger partial charge in [-0.05, 0) is 45.8 Å². The summed E-state index contributed by atoms with van der Waals surface area (Å²) in [5.41, 5.74) is 6.87. The second kappa shape index (κ2) is 8.28. The molecule has 2 atom stereocenters. The minimum Gasteiger partial charge on any atom is -0.448 e. The highest BCUT2D eigenvalue weighted by atomic mass is 35.5. The van der Waals surface area contributed by atoms with E-state index in [1.54, 1.807) is 12.4 Å². The molecule has 1 aliphatic carbocycles. The normalized spacial score (nSPS) is 21.2. The number of rotatable bonds is 3. The van der Waals surface area contributed by atoms with Crippen LogP contribution in [0.3, 0.4) is 0 Å². The molecule has 2 unspecified atom stereocenters. The minimum atomic E-state index is -0.294. The minimum absolute atomic E-state index is 0.0413. The Morgan fingerprint density at radius 2 is 1.70 bits per heavy atom. The van der Waals surface area contributed by atoms with Crippen LogP contribution in [0.5, 0.6) is 0 Å². The van der Waals surface area contributed by atoms with Crippen molar-refractivity contribution < 1.29 is 14.3 Å². The van der Waals surface area contributed by atoms with Crippen LogP contribution in [0.25, 0.3) is 16.7 Å². The standard InChI is InChI=1S/C26H22ClN3O3/c27-25-28-11-17(12-29-25)16-9-18-13-32-14-19(10-16)30(18)26(31)33-15-24-22-7-3-1-5-20(22)21-6-2-4-8-23(21)24/h1-9,11-12,18-19,24H,10,13-15H2. The largest absolute Gasteiger partial charge is 0.448 e. The first-order chi connectivity index (χ1) is 16.2. The van der Waals surface area contributed by atoms with Crippen molar-refractivity contribution in [1.82, 2.24) is 14.9 Å². The lowest BCUT2D eigenvalue weighted by Gasteiger charge is -2.43. The van der Waals surface area contributed by atoms with Crippen LogP contribution in [0, 0.1) is 0 Å².